The monoisotopic (exact) mass is 532 g/mol. The highest BCUT2D eigenvalue weighted by Crippen LogP contribution is 2.31. The van der Waals surface area contributed by atoms with Crippen LogP contribution in [0.2, 0.25) is 0 Å². The van der Waals surface area contributed by atoms with Crippen LogP contribution in [0.4, 0.5) is 18.0 Å². The van der Waals surface area contributed by atoms with Gasteiger partial charge in [0.25, 0.3) is 0 Å². The number of rotatable bonds is 7. The number of likely N-dealkylation sites (tertiary alicyclic amines) is 1. The first-order valence-electron chi connectivity index (χ1n) is 11.5. The van der Waals surface area contributed by atoms with E-state index in [1.54, 1.807) is 33.8 Å². The molecule has 0 aliphatic carbocycles. The van der Waals surface area contributed by atoms with Gasteiger partial charge in [-0.05, 0) is 51.3 Å². The first-order chi connectivity index (χ1) is 16.7. The summed E-state index contributed by atoms with van der Waals surface area (Å²) < 4.78 is 47.9. The summed E-state index contributed by atoms with van der Waals surface area (Å²) in [4.78, 5) is 27.0. The zero-order valence-corrected chi connectivity index (χ0v) is 21.4. The van der Waals surface area contributed by atoms with Crippen LogP contribution in [0.3, 0.4) is 0 Å². The maximum atomic E-state index is 13.1. The minimum atomic E-state index is -4.86. The molecule has 7 nitrogen and oxygen atoms in total. The molecule has 2 rings (SSSR count). The zero-order chi connectivity index (χ0) is 27.1. The molecule has 0 spiro atoms. The van der Waals surface area contributed by atoms with Gasteiger partial charge in [-0.2, -0.15) is 0 Å². The molecule has 2 amide bonds. The minimum Gasteiger partial charge on any atom is -0.444 e. The summed E-state index contributed by atoms with van der Waals surface area (Å²) in [5, 5.41) is 12.9. The third-order valence-electron chi connectivity index (χ3n) is 5.26. The van der Waals surface area contributed by atoms with Crippen molar-refractivity contribution in [3.05, 3.63) is 47.7 Å². The Morgan fingerprint density at radius 3 is 2.47 bits per heavy atom. The smallest absolute Gasteiger partial charge is 0.444 e. The van der Waals surface area contributed by atoms with Crippen molar-refractivity contribution in [2.24, 2.45) is 0 Å². The number of benzene rings is 1. The van der Waals surface area contributed by atoms with Crippen molar-refractivity contribution in [2.75, 3.05) is 12.4 Å². The molecule has 0 bridgehead atoms. The molecule has 1 saturated heterocycles. The van der Waals surface area contributed by atoms with Gasteiger partial charge in [0.2, 0.25) is 5.91 Å². The van der Waals surface area contributed by atoms with Crippen molar-refractivity contribution in [3.63, 3.8) is 0 Å². The molecular formula is C25H32ClF3N2O5. The Balaban J connectivity index is 2.26. The van der Waals surface area contributed by atoms with Gasteiger partial charge >= 0.3 is 12.5 Å². The van der Waals surface area contributed by atoms with E-state index in [2.05, 4.69) is 10.1 Å². The number of carbonyl (C=O) groups is 2. The lowest BCUT2D eigenvalue weighted by Crippen LogP contribution is -2.55. The average Bonchev–Trinajstić information content (AvgIpc) is 2.77. The normalized spacial score (nSPS) is 19.6. The predicted molar refractivity (Wildman–Crippen MR) is 130 cm³/mol. The molecule has 1 heterocycles. The molecule has 1 fully saturated rings. The number of piperidine rings is 1. The van der Waals surface area contributed by atoms with E-state index < -0.39 is 41.9 Å². The highest BCUT2D eigenvalue weighted by atomic mass is 35.5. The summed E-state index contributed by atoms with van der Waals surface area (Å²) in [5.41, 5.74) is 0.202. The molecule has 0 unspecified atom stereocenters. The Labute approximate surface area is 213 Å². The van der Waals surface area contributed by atoms with Gasteiger partial charge in [0.15, 0.2) is 0 Å². The van der Waals surface area contributed by atoms with E-state index in [0.717, 1.165) is 0 Å². The number of aliphatic hydroxyl groups is 1. The van der Waals surface area contributed by atoms with Crippen LogP contribution < -0.4 is 10.1 Å². The molecule has 11 heteroatoms. The molecule has 0 saturated carbocycles. The predicted octanol–water partition coefficient (Wildman–Crippen LogP) is 5.38. The number of nitrogens with one attached hydrogen (secondary N) is 1. The number of alkyl halides is 4. The maximum absolute atomic E-state index is 13.1. The molecule has 1 aliphatic heterocycles. The minimum absolute atomic E-state index is 0.0486. The second-order valence-electron chi connectivity index (χ2n) is 9.27. The lowest BCUT2D eigenvalue weighted by Gasteiger charge is -2.37. The summed E-state index contributed by atoms with van der Waals surface area (Å²) in [6.45, 7) is 7.09. The molecule has 0 radical (unpaired) electrons. The van der Waals surface area contributed by atoms with Crippen LogP contribution in [0.15, 0.2) is 42.1 Å². The van der Waals surface area contributed by atoms with Gasteiger partial charge in [0, 0.05) is 30.1 Å². The van der Waals surface area contributed by atoms with Gasteiger partial charge in [-0.25, -0.2) is 4.79 Å². The molecule has 200 valence electrons. The number of nitrogens with zero attached hydrogens (tertiary/aromatic N) is 1. The average molecular weight is 533 g/mol. The maximum Gasteiger partial charge on any atom is 0.573 e. The highest BCUT2D eigenvalue weighted by molar-refractivity contribution is 6.23. The number of allylic oxidation sites excluding steroid dienone is 4. The highest BCUT2D eigenvalue weighted by Gasteiger charge is 2.38. The number of aliphatic hydroxyl groups excluding tert-OH is 1. The molecular weight excluding hydrogens is 501 g/mol. The van der Waals surface area contributed by atoms with E-state index in [4.69, 9.17) is 16.3 Å². The molecule has 1 aliphatic rings. The van der Waals surface area contributed by atoms with Gasteiger partial charge in [0.05, 0.1) is 6.10 Å². The number of para-hydroxylation sites is 1. The third kappa shape index (κ3) is 9.05. The second-order valence-corrected chi connectivity index (χ2v) is 9.54. The van der Waals surface area contributed by atoms with Crippen molar-refractivity contribution < 1.29 is 37.3 Å². The van der Waals surface area contributed by atoms with Crippen molar-refractivity contribution in [3.8, 4) is 5.75 Å². The largest absolute Gasteiger partial charge is 0.573 e. The number of amides is 2. The van der Waals surface area contributed by atoms with E-state index >= 15 is 0 Å². The van der Waals surface area contributed by atoms with Crippen LogP contribution in [-0.4, -0.2) is 58.5 Å². The van der Waals surface area contributed by atoms with Crippen LogP contribution in [0, 0.1) is 0 Å². The van der Waals surface area contributed by atoms with Gasteiger partial charge in [-0.1, -0.05) is 31.2 Å². The molecule has 2 atom stereocenters. The van der Waals surface area contributed by atoms with Crippen LogP contribution in [0.5, 0.6) is 5.75 Å². The van der Waals surface area contributed by atoms with Crippen molar-refractivity contribution in [2.45, 2.75) is 71.1 Å². The Morgan fingerprint density at radius 1 is 1.22 bits per heavy atom. The van der Waals surface area contributed by atoms with Crippen LogP contribution in [-0.2, 0) is 9.53 Å². The van der Waals surface area contributed by atoms with Crippen LogP contribution in [0.1, 0.15) is 52.5 Å². The van der Waals surface area contributed by atoms with Crippen molar-refractivity contribution in [1.82, 2.24) is 10.2 Å². The standard InChI is InChI=1S/C25H32ClF3N2O5/c1-5-17(11-10-16(15-26)19-8-6-7-9-21(19)35-25(27,28)29)30-22(33)20-14-18(32)12-13-31(20)23(34)36-24(2,3)4/h6-11,18,20,32H,5,12-15H2,1-4H3,(H,30,33)/b16-10+,17-11+/t18-,20-/m1/s1. The summed E-state index contributed by atoms with van der Waals surface area (Å²) in [5.74, 6) is -1.01. The Bertz CT molecular complexity index is 989. The number of hydrogen-bond donors (Lipinski definition) is 2. The van der Waals surface area contributed by atoms with E-state index in [1.807, 2.05) is 0 Å². The van der Waals surface area contributed by atoms with E-state index in [-0.39, 0.29) is 24.4 Å². The lowest BCUT2D eigenvalue weighted by atomic mass is 9.99. The molecule has 1 aromatic carbocycles. The van der Waals surface area contributed by atoms with Crippen molar-refractivity contribution >= 4 is 29.2 Å². The summed E-state index contributed by atoms with van der Waals surface area (Å²) in [7, 11) is 0. The second kappa shape index (κ2) is 12.5. The number of halogens is 4. The quantitative estimate of drug-likeness (QED) is 0.364. The fourth-order valence-corrected chi connectivity index (χ4v) is 3.81. The molecule has 1 aromatic rings. The van der Waals surface area contributed by atoms with E-state index in [9.17, 15) is 27.9 Å². The fraction of sp³-hybridized carbons (Fsp3) is 0.520. The topological polar surface area (TPSA) is 88.1 Å². The van der Waals surface area contributed by atoms with Crippen LogP contribution >= 0.6 is 11.6 Å². The molecule has 36 heavy (non-hydrogen) atoms. The first kappa shape index (κ1) is 29.5. The van der Waals surface area contributed by atoms with Gasteiger partial charge < -0.3 is 19.9 Å². The van der Waals surface area contributed by atoms with Crippen LogP contribution in [0.25, 0.3) is 5.57 Å². The Hall–Kier alpha value is -2.72. The van der Waals surface area contributed by atoms with Crippen molar-refractivity contribution in [1.29, 1.82) is 0 Å². The fourth-order valence-electron chi connectivity index (χ4n) is 3.58. The number of carbonyl (C=O) groups excluding carboxylic acids is 2. The third-order valence-corrected chi connectivity index (χ3v) is 5.55. The molecule has 0 aromatic heterocycles. The Morgan fingerprint density at radius 2 is 1.89 bits per heavy atom. The number of hydrogen-bond acceptors (Lipinski definition) is 5. The first-order valence-corrected chi connectivity index (χ1v) is 12.1. The SMILES string of the molecule is CC/C(=C\C=C(/CCl)c1ccccc1OC(F)(F)F)NC(=O)[C@H]1C[C@H](O)CCN1C(=O)OC(C)(C)C. The number of ether oxygens (including phenoxy) is 2. The Kier molecular flexibility index (Phi) is 10.2. The molecule has 2 N–H and O–H groups in total. The summed E-state index contributed by atoms with van der Waals surface area (Å²) in [6.07, 6.45) is -2.48. The van der Waals surface area contributed by atoms with E-state index in [0.29, 0.717) is 24.1 Å². The van der Waals surface area contributed by atoms with E-state index in [1.165, 1.54) is 35.3 Å². The van der Waals surface area contributed by atoms with Gasteiger partial charge in [-0.3, -0.25) is 9.69 Å². The lowest BCUT2D eigenvalue weighted by molar-refractivity contribution is -0.274. The van der Waals surface area contributed by atoms with Gasteiger partial charge in [-0.15, -0.1) is 24.8 Å². The zero-order valence-electron chi connectivity index (χ0n) is 20.7. The van der Waals surface area contributed by atoms with Gasteiger partial charge in [0.1, 0.15) is 17.4 Å². The summed E-state index contributed by atoms with van der Waals surface area (Å²) in [6, 6.07) is 4.67. The summed E-state index contributed by atoms with van der Waals surface area (Å²) >= 11 is 6.01.